The van der Waals surface area contributed by atoms with Crippen LogP contribution >= 0.6 is 0 Å². The third kappa shape index (κ3) is 4.40. The number of aryl methyl sites for hydroxylation is 1. The van der Waals surface area contributed by atoms with Crippen molar-refractivity contribution >= 4 is 28.6 Å². The second kappa shape index (κ2) is 9.09. The molecule has 6 rings (SSSR count). The summed E-state index contributed by atoms with van der Waals surface area (Å²) in [5.41, 5.74) is 7.18. The first-order chi connectivity index (χ1) is 17.5. The Morgan fingerprint density at radius 3 is 2.64 bits per heavy atom. The first-order valence-corrected chi connectivity index (χ1v) is 12.1. The standard InChI is InChI=1S/C27H28N8O/c1-16-5-4-6-22(31-16)26-21(13-29-34-26)19-7-9-24-23(11-19)32-27(36-24)33-25-10-8-20(12-28-25)35-14-17(2)30-18(3)15-35/h4-13,17-18,30H,14-15H2,1-3H3,(H,29,34)(H,28,32,33)/t17-,18+. The molecule has 0 amide bonds. The number of hydrogen-bond donors (Lipinski definition) is 3. The van der Waals surface area contributed by atoms with Gasteiger partial charge in [-0.05, 0) is 62.7 Å². The number of aromatic nitrogens is 5. The molecule has 9 heteroatoms. The van der Waals surface area contributed by atoms with Crippen LogP contribution in [-0.4, -0.2) is 50.3 Å². The zero-order valence-electron chi connectivity index (χ0n) is 20.5. The van der Waals surface area contributed by atoms with Gasteiger partial charge in [-0.25, -0.2) is 4.98 Å². The van der Waals surface area contributed by atoms with Crippen LogP contribution in [0.5, 0.6) is 0 Å². The highest BCUT2D eigenvalue weighted by atomic mass is 16.4. The molecule has 0 bridgehead atoms. The van der Waals surface area contributed by atoms with Crippen LogP contribution in [0.3, 0.4) is 0 Å². The van der Waals surface area contributed by atoms with Crippen LogP contribution in [-0.2, 0) is 0 Å². The van der Waals surface area contributed by atoms with Gasteiger partial charge in [-0.2, -0.15) is 10.1 Å². The fourth-order valence-corrected chi connectivity index (χ4v) is 4.83. The number of rotatable bonds is 5. The van der Waals surface area contributed by atoms with E-state index in [1.54, 1.807) is 0 Å². The van der Waals surface area contributed by atoms with Gasteiger partial charge < -0.3 is 14.6 Å². The van der Waals surface area contributed by atoms with Gasteiger partial charge in [0.1, 0.15) is 11.3 Å². The van der Waals surface area contributed by atoms with E-state index in [1.807, 2.05) is 61.8 Å². The number of H-pyrrole nitrogens is 1. The van der Waals surface area contributed by atoms with E-state index in [-0.39, 0.29) is 0 Å². The molecule has 1 aromatic carbocycles. The molecule has 1 aliphatic rings. The molecule has 182 valence electrons. The summed E-state index contributed by atoms with van der Waals surface area (Å²) >= 11 is 0. The van der Waals surface area contributed by atoms with Crippen LogP contribution in [0.4, 0.5) is 17.5 Å². The molecule has 1 saturated heterocycles. The summed E-state index contributed by atoms with van der Waals surface area (Å²) < 4.78 is 5.93. The molecule has 0 unspecified atom stereocenters. The summed E-state index contributed by atoms with van der Waals surface area (Å²) in [5, 5.41) is 14.1. The average Bonchev–Trinajstić information content (AvgIpc) is 3.50. The number of nitrogens with zero attached hydrogens (tertiary/aromatic N) is 5. The maximum absolute atomic E-state index is 5.93. The molecular weight excluding hydrogens is 452 g/mol. The van der Waals surface area contributed by atoms with Crippen molar-refractivity contribution in [2.75, 3.05) is 23.3 Å². The summed E-state index contributed by atoms with van der Waals surface area (Å²) in [7, 11) is 0. The van der Waals surface area contributed by atoms with Crippen molar-refractivity contribution < 1.29 is 4.42 Å². The average molecular weight is 481 g/mol. The van der Waals surface area contributed by atoms with Crippen molar-refractivity contribution in [1.29, 1.82) is 0 Å². The fraction of sp³-hybridized carbons (Fsp3) is 0.259. The van der Waals surface area contributed by atoms with E-state index in [1.165, 1.54) is 0 Å². The molecule has 0 radical (unpaired) electrons. The molecule has 1 fully saturated rings. The number of hydrogen-bond acceptors (Lipinski definition) is 8. The second-order valence-corrected chi connectivity index (χ2v) is 9.42. The van der Waals surface area contributed by atoms with E-state index in [0.29, 0.717) is 29.5 Å². The molecule has 36 heavy (non-hydrogen) atoms. The molecule has 3 N–H and O–H groups in total. The molecule has 0 aliphatic carbocycles. The van der Waals surface area contributed by atoms with Crippen LogP contribution < -0.4 is 15.5 Å². The molecular formula is C27H28N8O. The lowest BCUT2D eigenvalue weighted by Crippen LogP contribution is -2.54. The highest BCUT2D eigenvalue weighted by molar-refractivity contribution is 5.86. The van der Waals surface area contributed by atoms with Crippen molar-refractivity contribution in [2.45, 2.75) is 32.9 Å². The Morgan fingerprint density at radius 2 is 1.86 bits per heavy atom. The lowest BCUT2D eigenvalue weighted by atomic mass is 10.0. The quantitative estimate of drug-likeness (QED) is 0.326. The predicted octanol–water partition coefficient (Wildman–Crippen LogP) is 4.91. The third-order valence-corrected chi connectivity index (χ3v) is 6.39. The maximum Gasteiger partial charge on any atom is 0.301 e. The van der Waals surface area contributed by atoms with Crippen LogP contribution in [0.15, 0.2) is 65.3 Å². The third-order valence-electron chi connectivity index (χ3n) is 6.39. The van der Waals surface area contributed by atoms with Crippen molar-refractivity contribution in [3.8, 4) is 22.5 Å². The number of nitrogens with one attached hydrogen (secondary N) is 3. The fourth-order valence-electron chi connectivity index (χ4n) is 4.83. The smallest absolute Gasteiger partial charge is 0.301 e. The molecule has 1 aliphatic heterocycles. The molecule has 2 atom stereocenters. The molecule has 5 aromatic rings. The van der Waals surface area contributed by atoms with Crippen molar-refractivity contribution in [3.05, 3.63) is 66.6 Å². The minimum absolute atomic E-state index is 0.402. The maximum atomic E-state index is 5.93. The normalized spacial score (nSPS) is 18.0. The van der Waals surface area contributed by atoms with Crippen molar-refractivity contribution in [1.82, 2.24) is 30.5 Å². The Labute approximate surface area is 209 Å². The first-order valence-electron chi connectivity index (χ1n) is 12.1. The topological polar surface area (TPSA) is 108 Å². The van der Waals surface area contributed by atoms with Gasteiger partial charge in [0.25, 0.3) is 0 Å². The summed E-state index contributed by atoms with van der Waals surface area (Å²) in [4.78, 5) is 16.2. The number of aromatic amines is 1. The predicted molar refractivity (Wildman–Crippen MR) is 141 cm³/mol. The number of fused-ring (bicyclic) bond motifs is 1. The van der Waals surface area contributed by atoms with E-state index in [0.717, 1.165) is 52.5 Å². The Morgan fingerprint density at radius 1 is 1.00 bits per heavy atom. The Hall–Kier alpha value is -4.24. The number of pyridine rings is 2. The zero-order valence-corrected chi connectivity index (χ0v) is 20.5. The van der Waals surface area contributed by atoms with E-state index in [4.69, 9.17) is 4.42 Å². The Bertz CT molecular complexity index is 1500. The lowest BCUT2D eigenvalue weighted by Gasteiger charge is -2.37. The molecule has 5 heterocycles. The Balaban J connectivity index is 1.22. The summed E-state index contributed by atoms with van der Waals surface area (Å²) in [6.45, 7) is 8.31. The van der Waals surface area contributed by atoms with Gasteiger partial charge >= 0.3 is 6.01 Å². The van der Waals surface area contributed by atoms with Crippen molar-refractivity contribution in [2.24, 2.45) is 0 Å². The number of anilines is 3. The van der Waals surface area contributed by atoms with Gasteiger partial charge in [0.2, 0.25) is 0 Å². The minimum atomic E-state index is 0.402. The largest absolute Gasteiger partial charge is 0.423 e. The molecule has 0 saturated carbocycles. The van der Waals surface area contributed by atoms with E-state index >= 15 is 0 Å². The van der Waals surface area contributed by atoms with E-state index < -0.39 is 0 Å². The van der Waals surface area contributed by atoms with Gasteiger partial charge in [-0.3, -0.25) is 15.4 Å². The monoisotopic (exact) mass is 480 g/mol. The van der Waals surface area contributed by atoms with E-state index in [9.17, 15) is 0 Å². The number of piperazine rings is 1. The summed E-state index contributed by atoms with van der Waals surface area (Å²) in [5.74, 6) is 0.685. The number of oxazole rings is 1. The SMILES string of the molecule is Cc1cccc(-c2[nH]ncc2-c2ccc3oc(Nc4ccc(N5C[C@@H](C)N[C@@H](C)C5)cn4)nc3c2)n1. The molecule has 0 spiro atoms. The first kappa shape index (κ1) is 22.2. The number of benzene rings is 1. The summed E-state index contributed by atoms with van der Waals surface area (Å²) in [6, 6.07) is 17.2. The van der Waals surface area contributed by atoms with Gasteiger partial charge in [0.05, 0.1) is 29.5 Å². The van der Waals surface area contributed by atoms with Crippen LogP contribution in [0.25, 0.3) is 33.6 Å². The Kier molecular flexibility index (Phi) is 5.61. The van der Waals surface area contributed by atoms with Crippen LogP contribution in [0, 0.1) is 6.92 Å². The van der Waals surface area contributed by atoms with Gasteiger partial charge in [0.15, 0.2) is 5.58 Å². The zero-order chi connectivity index (χ0) is 24.6. The van der Waals surface area contributed by atoms with Gasteiger partial charge in [-0.1, -0.05) is 12.1 Å². The van der Waals surface area contributed by atoms with Gasteiger partial charge in [0, 0.05) is 36.4 Å². The minimum Gasteiger partial charge on any atom is -0.423 e. The van der Waals surface area contributed by atoms with E-state index in [2.05, 4.69) is 60.6 Å². The summed E-state index contributed by atoms with van der Waals surface area (Å²) in [6.07, 6.45) is 3.71. The second-order valence-electron chi connectivity index (χ2n) is 9.42. The van der Waals surface area contributed by atoms with Crippen molar-refractivity contribution in [3.63, 3.8) is 0 Å². The molecule has 4 aromatic heterocycles. The highest BCUT2D eigenvalue weighted by Crippen LogP contribution is 2.32. The van der Waals surface area contributed by atoms with Crippen LogP contribution in [0.2, 0.25) is 0 Å². The van der Waals surface area contributed by atoms with Gasteiger partial charge in [-0.15, -0.1) is 0 Å². The highest BCUT2D eigenvalue weighted by Gasteiger charge is 2.21. The molecule has 9 nitrogen and oxygen atoms in total. The van der Waals surface area contributed by atoms with Crippen LogP contribution in [0.1, 0.15) is 19.5 Å². The lowest BCUT2D eigenvalue weighted by molar-refractivity contribution is 0.407.